The zero-order valence-electron chi connectivity index (χ0n) is 12.3. The molecule has 0 fully saturated rings. The van der Waals surface area contributed by atoms with Crippen LogP contribution in [-0.4, -0.2) is 19.3 Å². The molecular weight excluding hydrogens is 340 g/mol. The maximum absolute atomic E-state index is 12.4. The van der Waals surface area contributed by atoms with E-state index in [0.717, 1.165) is 11.3 Å². The molecule has 2 aromatic rings. The molecule has 1 aromatic heterocycles. The summed E-state index contributed by atoms with van der Waals surface area (Å²) in [5.74, 6) is -1.35. The number of aromatic nitrogens is 1. The number of nitriles is 1. The van der Waals surface area contributed by atoms with Crippen molar-refractivity contribution in [2.24, 2.45) is 0 Å². The highest BCUT2D eigenvalue weighted by molar-refractivity contribution is 7.16. The number of thiazole rings is 1. The van der Waals surface area contributed by atoms with Crippen molar-refractivity contribution in [1.29, 1.82) is 5.26 Å². The number of para-hydroxylation sites is 1. The molecule has 1 heterocycles. The summed E-state index contributed by atoms with van der Waals surface area (Å²) in [6.45, 7) is 4.90. The smallest absolute Gasteiger partial charge is 0.308 e. The first-order valence-corrected chi connectivity index (χ1v) is 10.3. The molecule has 3 unspecified atom stereocenters. The van der Waals surface area contributed by atoms with Gasteiger partial charge in [0.2, 0.25) is 0 Å². The van der Waals surface area contributed by atoms with Crippen LogP contribution in [0.4, 0.5) is 0 Å². The summed E-state index contributed by atoms with van der Waals surface area (Å²) in [6, 6.07) is 7.14. The number of rotatable bonds is 4. The molecule has 0 bridgehead atoms. The van der Waals surface area contributed by atoms with Gasteiger partial charge in [-0.1, -0.05) is 42.5 Å². The minimum atomic E-state index is -2.25. The number of fused-ring (bicyclic) bond motifs is 1. The molecule has 0 spiro atoms. The lowest BCUT2D eigenvalue weighted by Gasteiger charge is -2.38. The van der Waals surface area contributed by atoms with Gasteiger partial charge in [-0.2, -0.15) is 5.26 Å². The van der Waals surface area contributed by atoms with Gasteiger partial charge in [0.1, 0.15) is 0 Å². The topological polar surface area (TPSA) is 85.9 Å². The molecule has 0 saturated heterocycles. The second kappa shape index (κ2) is 5.87. The third-order valence-electron chi connectivity index (χ3n) is 4.27. The largest absolute Gasteiger partial charge is 0.548 e. The van der Waals surface area contributed by atoms with Crippen LogP contribution in [0.1, 0.15) is 13.8 Å². The van der Waals surface area contributed by atoms with E-state index in [0.29, 0.717) is 15.2 Å². The summed E-state index contributed by atoms with van der Waals surface area (Å²) in [7, 11) is -2.25. The molecule has 8 heteroatoms. The molecule has 116 valence electrons. The molecule has 22 heavy (non-hydrogen) atoms. The van der Waals surface area contributed by atoms with Crippen molar-refractivity contribution in [2.75, 3.05) is 0 Å². The van der Waals surface area contributed by atoms with Gasteiger partial charge in [-0.25, -0.2) is 0 Å². The third kappa shape index (κ3) is 2.37. The third-order valence-corrected chi connectivity index (χ3v) is 9.40. The summed E-state index contributed by atoms with van der Waals surface area (Å²) in [5.41, 5.74) is -0.0393. The number of carbonyl (C=O) groups is 1. The van der Waals surface area contributed by atoms with Crippen molar-refractivity contribution in [3.63, 3.8) is 0 Å². The van der Waals surface area contributed by atoms with Crippen LogP contribution in [-0.2, 0) is 9.96 Å². The molecule has 3 atom stereocenters. The lowest BCUT2D eigenvalue weighted by molar-refractivity contribution is -0.312. The fraction of sp³-hybridized carbons (Fsp3) is 0.357. The van der Waals surface area contributed by atoms with Gasteiger partial charge < -0.3 is 9.90 Å². The van der Waals surface area contributed by atoms with Crippen LogP contribution >= 0.6 is 22.9 Å². The normalized spacial score (nSPS) is 16.7. The molecule has 0 aliphatic rings. The summed E-state index contributed by atoms with van der Waals surface area (Å²) in [6.07, 6.45) is 0. The van der Waals surface area contributed by atoms with Crippen molar-refractivity contribution in [2.45, 2.75) is 31.1 Å². The second-order valence-electron chi connectivity index (χ2n) is 5.43. The Kier molecular flexibility index (Phi) is 4.47. The van der Waals surface area contributed by atoms with E-state index in [1.807, 2.05) is 0 Å². The Morgan fingerprint density at radius 3 is 2.77 bits per heavy atom. The Morgan fingerprint density at radius 1 is 1.59 bits per heavy atom. The van der Waals surface area contributed by atoms with Crippen LogP contribution in [0, 0.1) is 11.3 Å². The van der Waals surface area contributed by atoms with E-state index in [9.17, 15) is 14.7 Å². The van der Waals surface area contributed by atoms with E-state index >= 15 is 0 Å². The Bertz CT molecular complexity index is 841. The predicted octanol–water partition coefficient (Wildman–Crippen LogP) is 1.49. The van der Waals surface area contributed by atoms with Crippen LogP contribution in [0.3, 0.4) is 0 Å². The molecule has 0 N–H and O–H groups in total. The number of benzene rings is 1. The molecule has 0 aliphatic carbocycles. The first-order valence-electron chi connectivity index (χ1n) is 6.66. The maximum Gasteiger partial charge on any atom is 0.308 e. The Balaban J connectivity index is 2.86. The number of carboxylic acids is 1. The monoisotopic (exact) mass is 353 g/mol. The van der Waals surface area contributed by atoms with Gasteiger partial charge in [0, 0.05) is 5.54 Å². The first kappa shape index (κ1) is 16.7. The van der Waals surface area contributed by atoms with Crippen LogP contribution in [0.5, 0.6) is 0 Å². The van der Waals surface area contributed by atoms with E-state index in [1.165, 1.54) is 11.5 Å². The number of nitrogens with zero attached hydrogens (tertiary/aromatic N) is 2. The van der Waals surface area contributed by atoms with E-state index in [1.54, 1.807) is 31.7 Å². The van der Waals surface area contributed by atoms with Crippen molar-refractivity contribution < 1.29 is 9.90 Å². The predicted molar refractivity (Wildman–Crippen MR) is 87.8 cm³/mol. The lowest BCUT2D eigenvalue weighted by atomic mass is 10.2. The fourth-order valence-corrected chi connectivity index (χ4v) is 6.16. The Hall–Kier alpha value is -1.62. The zero-order chi connectivity index (χ0) is 16.7. The number of carboxylic acid groups (broad SMARTS) is 1. The van der Waals surface area contributed by atoms with Gasteiger partial charge in [-0.05, 0) is 19.1 Å². The maximum atomic E-state index is 12.4. The fourth-order valence-electron chi connectivity index (χ4n) is 2.53. The molecule has 2 rings (SSSR count). The van der Waals surface area contributed by atoms with E-state index < -0.39 is 30.3 Å². The van der Waals surface area contributed by atoms with Gasteiger partial charge in [0.25, 0.3) is 0 Å². The van der Waals surface area contributed by atoms with Gasteiger partial charge in [0.15, 0.2) is 0 Å². The van der Waals surface area contributed by atoms with Crippen molar-refractivity contribution in [3.8, 4) is 6.07 Å². The van der Waals surface area contributed by atoms with Gasteiger partial charge in [0.05, 0.1) is 41.2 Å². The lowest BCUT2D eigenvalue weighted by Crippen LogP contribution is -2.60. The van der Waals surface area contributed by atoms with E-state index in [2.05, 4.69) is 6.07 Å². The van der Waals surface area contributed by atoms with Gasteiger partial charge in [-0.3, -0.25) is 9.36 Å². The highest BCUT2D eigenvalue weighted by Gasteiger charge is 2.41. The van der Waals surface area contributed by atoms with Crippen LogP contribution in [0.25, 0.3) is 10.2 Å². The zero-order valence-corrected chi connectivity index (χ0v) is 15.0. The van der Waals surface area contributed by atoms with Crippen LogP contribution in [0.15, 0.2) is 23.0 Å². The molecule has 0 radical (unpaired) electrons. The van der Waals surface area contributed by atoms with Crippen molar-refractivity contribution in [3.05, 3.63) is 32.9 Å². The Labute approximate surface area is 138 Å². The number of halogens is 1. The minimum Gasteiger partial charge on any atom is -0.548 e. The summed E-state index contributed by atoms with van der Waals surface area (Å²) in [4.78, 5) is 23.9. The number of hydrogen-bond acceptors (Lipinski definition) is 5. The number of carbonyl (C=O) groups excluding carboxylic acids is 1. The number of hydrogen-bond donors (Lipinski definition) is 0. The van der Waals surface area contributed by atoms with Crippen LogP contribution < -0.4 is 9.98 Å². The summed E-state index contributed by atoms with van der Waals surface area (Å²) in [5, 5.41) is 19.8. The molecular formula is C14H14ClN2O3SSi-. The molecule has 1 aromatic carbocycles. The molecule has 0 amide bonds. The first-order chi connectivity index (χ1) is 10.2. The van der Waals surface area contributed by atoms with Gasteiger partial charge in [-0.15, -0.1) is 0 Å². The van der Waals surface area contributed by atoms with Crippen molar-refractivity contribution in [1.82, 2.24) is 4.57 Å². The summed E-state index contributed by atoms with van der Waals surface area (Å²) < 4.78 is 1.84. The average Bonchev–Trinajstić information content (AvgIpc) is 2.82. The summed E-state index contributed by atoms with van der Waals surface area (Å²) >= 11 is 7.13. The molecule has 5 nitrogen and oxygen atoms in total. The average molecular weight is 354 g/mol. The minimum absolute atomic E-state index is 0.314. The second-order valence-corrected chi connectivity index (χ2v) is 10.5. The molecule has 0 saturated carbocycles. The number of aliphatic carboxylic acids is 1. The molecule has 0 aliphatic heterocycles. The van der Waals surface area contributed by atoms with Crippen LogP contribution in [0.2, 0.25) is 17.1 Å². The standard InChI is InChI=1S/C14H15ClN2O3SSi/c1-8(7-16)22(3)14(2,12(18)19)17-11-9(15)5-4-6-10(11)21-13(17)20/h4-6,8,22H,1-3H3,(H,18,19)/p-1. The van der Waals surface area contributed by atoms with Crippen molar-refractivity contribution >= 4 is 47.9 Å². The van der Waals surface area contributed by atoms with E-state index in [4.69, 9.17) is 16.9 Å². The van der Waals surface area contributed by atoms with Gasteiger partial charge >= 0.3 is 4.87 Å². The SMILES string of the molecule is CC(C#N)[SiH](C)C(C)(C(=O)[O-])n1c(=O)sc2cccc(Cl)c21. The Morgan fingerprint density at radius 2 is 2.23 bits per heavy atom. The highest BCUT2D eigenvalue weighted by Crippen LogP contribution is 2.33. The quantitative estimate of drug-likeness (QED) is 0.779. The highest BCUT2D eigenvalue weighted by atomic mass is 35.5. The van der Waals surface area contributed by atoms with E-state index in [-0.39, 0.29) is 0 Å².